The SMILES string of the molecule is COC1=NC(NC(C)C)[N-]C(=NC(C)C)N1.COC1[N-]C(NC(C)C)NC(NC(C)C)N1.[Cl][Co][Cl]. The van der Waals surface area contributed by atoms with Gasteiger partial charge in [0.2, 0.25) is 6.02 Å². The molecular weight excluding hydrogens is 542 g/mol. The molecule has 2 heterocycles. The molecule has 0 radical (unpaired) electrons. The van der Waals surface area contributed by atoms with E-state index in [9.17, 15) is 0 Å². The number of hydrogen-bond donors (Lipinski definition) is 6. The Morgan fingerprint density at radius 2 is 1.51 bits per heavy atom. The van der Waals surface area contributed by atoms with Crippen LogP contribution in [0.4, 0.5) is 0 Å². The average Bonchev–Trinajstić information content (AvgIpc) is 2.72. The van der Waals surface area contributed by atoms with Crippen LogP contribution in [0.5, 0.6) is 0 Å². The van der Waals surface area contributed by atoms with Gasteiger partial charge < -0.3 is 35.7 Å². The summed E-state index contributed by atoms with van der Waals surface area (Å²) in [7, 11) is 12.7. The first-order valence-electron chi connectivity index (χ1n) is 11.5. The molecule has 0 saturated carbocycles. The van der Waals surface area contributed by atoms with Crippen molar-refractivity contribution in [3.05, 3.63) is 10.6 Å². The van der Waals surface area contributed by atoms with E-state index in [1.807, 2.05) is 27.7 Å². The minimum atomic E-state index is -0.325. The Kier molecular flexibility index (Phi) is 19.4. The van der Waals surface area contributed by atoms with Crippen molar-refractivity contribution < 1.29 is 22.4 Å². The molecule has 1 fully saturated rings. The van der Waals surface area contributed by atoms with Crippen LogP contribution in [-0.2, 0) is 22.4 Å². The third-order valence-corrected chi connectivity index (χ3v) is 3.89. The summed E-state index contributed by atoms with van der Waals surface area (Å²) < 4.78 is 10.3. The van der Waals surface area contributed by atoms with E-state index in [1.165, 1.54) is 0 Å². The number of rotatable bonds is 8. The van der Waals surface area contributed by atoms with Gasteiger partial charge in [-0.3, -0.25) is 21.3 Å². The Hall–Kier alpha value is -0.454. The molecule has 0 bridgehead atoms. The van der Waals surface area contributed by atoms with Gasteiger partial charge in [-0.15, -0.1) is 0 Å². The third kappa shape index (κ3) is 17.6. The molecule has 15 heteroatoms. The van der Waals surface area contributed by atoms with Crippen LogP contribution in [0, 0.1) is 0 Å². The second-order valence-electron chi connectivity index (χ2n) is 8.73. The Labute approximate surface area is 225 Å². The van der Waals surface area contributed by atoms with E-state index in [4.69, 9.17) is 29.8 Å². The molecular formula is C20H44Cl2CoN10O2-2. The second-order valence-corrected chi connectivity index (χ2v) is 10.4. The van der Waals surface area contributed by atoms with Gasteiger partial charge in [0.25, 0.3) is 0 Å². The molecule has 35 heavy (non-hydrogen) atoms. The van der Waals surface area contributed by atoms with E-state index in [1.54, 1.807) is 14.2 Å². The molecule has 12 nitrogen and oxygen atoms in total. The summed E-state index contributed by atoms with van der Waals surface area (Å²) in [4.78, 5) is 8.55. The predicted molar refractivity (Wildman–Crippen MR) is 142 cm³/mol. The number of methoxy groups -OCH3 is 2. The van der Waals surface area contributed by atoms with Crippen LogP contribution >= 0.6 is 20.3 Å². The fraction of sp³-hybridized carbons (Fsp3) is 0.900. The molecule has 2 aliphatic rings. The van der Waals surface area contributed by atoms with Crippen molar-refractivity contribution in [1.82, 2.24) is 31.9 Å². The van der Waals surface area contributed by atoms with E-state index < -0.39 is 0 Å². The number of nitrogens with one attached hydrogen (secondary N) is 6. The van der Waals surface area contributed by atoms with E-state index in [0.717, 1.165) is 0 Å². The summed E-state index contributed by atoms with van der Waals surface area (Å²) in [5.74, 6) is 0.556. The molecule has 0 spiro atoms. The van der Waals surface area contributed by atoms with Gasteiger partial charge >= 0.3 is 33.2 Å². The van der Waals surface area contributed by atoms with Crippen molar-refractivity contribution in [3.8, 4) is 0 Å². The summed E-state index contributed by atoms with van der Waals surface area (Å²) >= 11 is 0.382. The first-order valence-corrected chi connectivity index (χ1v) is 14.3. The molecule has 0 aromatic heterocycles. The first-order chi connectivity index (χ1) is 16.4. The van der Waals surface area contributed by atoms with Crippen molar-refractivity contribution in [2.45, 2.75) is 105 Å². The van der Waals surface area contributed by atoms with Gasteiger partial charge in [-0.25, -0.2) is 4.99 Å². The van der Waals surface area contributed by atoms with Crippen LogP contribution in [-0.4, -0.2) is 75.6 Å². The maximum absolute atomic E-state index is 5.22. The molecule has 0 aromatic carbocycles. The Bertz CT molecular complexity index is 596. The predicted octanol–water partition coefficient (Wildman–Crippen LogP) is 2.43. The Morgan fingerprint density at radius 3 is 1.97 bits per heavy atom. The normalized spacial score (nSPS) is 25.5. The van der Waals surface area contributed by atoms with Crippen molar-refractivity contribution in [3.63, 3.8) is 0 Å². The molecule has 2 rings (SSSR count). The first kappa shape index (κ1) is 34.5. The Balaban J connectivity index is 0.000000594. The molecule has 0 amide bonds. The summed E-state index contributed by atoms with van der Waals surface area (Å²) in [5.41, 5.74) is 0. The zero-order valence-electron chi connectivity index (χ0n) is 22.3. The van der Waals surface area contributed by atoms with E-state index in [-0.39, 0.29) is 31.3 Å². The number of ether oxygens (including phenoxy) is 2. The molecule has 4 unspecified atom stereocenters. The van der Waals surface area contributed by atoms with Crippen molar-refractivity contribution in [2.75, 3.05) is 14.2 Å². The van der Waals surface area contributed by atoms with Gasteiger partial charge in [0, 0.05) is 37.5 Å². The topological polar surface area (TPSA) is 144 Å². The molecule has 0 aliphatic carbocycles. The van der Waals surface area contributed by atoms with Crippen LogP contribution in [0.25, 0.3) is 10.6 Å². The maximum atomic E-state index is 5.22. The Morgan fingerprint density at radius 1 is 0.943 bits per heavy atom. The van der Waals surface area contributed by atoms with Gasteiger partial charge in [0.05, 0.1) is 7.11 Å². The molecule has 1 saturated heterocycles. The number of aliphatic imine (C=N–C) groups is 2. The van der Waals surface area contributed by atoms with Gasteiger partial charge in [0.15, 0.2) is 0 Å². The summed E-state index contributed by atoms with van der Waals surface area (Å²) in [6.07, 6.45) is -0.705. The average molecular weight is 586 g/mol. The number of hydrogen-bond acceptors (Lipinski definition) is 9. The van der Waals surface area contributed by atoms with Crippen molar-refractivity contribution >= 4 is 32.3 Å². The van der Waals surface area contributed by atoms with Gasteiger partial charge in [0.1, 0.15) is 12.6 Å². The zero-order chi connectivity index (χ0) is 27.0. The van der Waals surface area contributed by atoms with Gasteiger partial charge in [-0.1, -0.05) is 27.7 Å². The number of halogens is 2. The molecule has 2 aliphatic heterocycles. The molecule has 0 aromatic rings. The summed E-state index contributed by atoms with van der Waals surface area (Å²) in [5, 5.41) is 28.0. The number of nitrogens with zero attached hydrogens (tertiary/aromatic N) is 4. The van der Waals surface area contributed by atoms with Crippen LogP contribution in [0.2, 0.25) is 0 Å². The van der Waals surface area contributed by atoms with E-state index >= 15 is 0 Å². The summed E-state index contributed by atoms with van der Waals surface area (Å²) in [6, 6.07) is 1.68. The number of amidine groups is 1. The monoisotopic (exact) mass is 585 g/mol. The van der Waals surface area contributed by atoms with Crippen LogP contribution < -0.4 is 31.9 Å². The van der Waals surface area contributed by atoms with Crippen LogP contribution in [0.1, 0.15) is 55.4 Å². The van der Waals surface area contributed by atoms with Crippen molar-refractivity contribution in [2.24, 2.45) is 9.98 Å². The standard InChI is InChI=1S/C10H24N5O.C10H20N5O.2ClH.Co/c2*1-6(2)11-8-13-9(12-7(3)4)15-10(14-8)16-5;;;/h6-14H,1-5H3;6-8,11H,1-5H3,(H-,12,13,14,15);2*1H;/q2*-1;;;+2/p-2. The molecule has 4 atom stereocenters. The van der Waals surface area contributed by atoms with Gasteiger partial charge in [-0.2, -0.15) is 0 Å². The quantitative estimate of drug-likeness (QED) is 0.255. The van der Waals surface area contributed by atoms with Gasteiger partial charge in [-0.05, 0) is 40.0 Å². The van der Waals surface area contributed by atoms with E-state index in [0.29, 0.717) is 43.0 Å². The fourth-order valence-electron chi connectivity index (χ4n) is 2.74. The minimum absolute atomic E-state index is 0.00120. The fourth-order valence-corrected chi connectivity index (χ4v) is 2.74. The zero-order valence-corrected chi connectivity index (χ0v) is 24.9. The second kappa shape index (κ2) is 19.6. The number of guanidine groups is 1. The van der Waals surface area contributed by atoms with Crippen molar-refractivity contribution in [1.29, 1.82) is 0 Å². The summed E-state index contributed by atoms with van der Waals surface area (Å²) in [6.45, 7) is 16.4. The third-order valence-electron chi connectivity index (χ3n) is 3.89. The molecule has 6 N–H and O–H groups in total. The van der Waals surface area contributed by atoms with Crippen LogP contribution in [0.15, 0.2) is 9.98 Å². The molecule has 211 valence electrons. The van der Waals surface area contributed by atoms with E-state index in [2.05, 4.69) is 80.2 Å². The van der Waals surface area contributed by atoms with Crippen LogP contribution in [0.3, 0.4) is 0 Å².